The molecule has 338 valence electrons. The first-order chi connectivity index (χ1) is 32.3. The predicted octanol–water partition coefficient (Wildman–Crippen LogP) is 4.67. The molecule has 1 aliphatic carbocycles. The van der Waals surface area contributed by atoms with Crippen molar-refractivity contribution in [3.63, 3.8) is 0 Å². The number of amides is 2. The van der Waals surface area contributed by atoms with Crippen molar-refractivity contribution in [2.24, 2.45) is 0 Å². The average Bonchev–Trinajstić information content (AvgIpc) is 4.01. The van der Waals surface area contributed by atoms with E-state index in [1.54, 1.807) is 22.8 Å². The van der Waals surface area contributed by atoms with Gasteiger partial charge in [0.05, 0.1) is 72.7 Å². The summed E-state index contributed by atoms with van der Waals surface area (Å²) in [5.41, 5.74) is 6.25. The molecule has 5 aliphatic rings. The van der Waals surface area contributed by atoms with Gasteiger partial charge in [-0.15, -0.1) is 0 Å². The van der Waals surface area contributed by atoms with Crippen molar-refractivity contribution < 1.29 is 18.7 Å². The summed E-state index contributed by atoms with van der Waals surface area (Å²) in [6.07, 6.45) is 15.8. The predicted molar refractivity (Wildman–Crippen MR) is 244 cm³/mol. The molecule has 0 spiro atoms. The number of halogens is 1. The fraction of sp³-hybridized carbons (Fsp3) is 0.417. The molecule has 2 amide bonds. The second-order valence-corrected chi connectivity index (χ2v) is 18.1. The lowest BCUT2D eigenvalue weighted by atomic mass is 9.90. The molecule has 1 aromatic carbocycles. The van der Waals surface area contributed by atoms with Gasteiger partial charge in [-0.3, -0.25) is 34.4 Å². The van der Waals surface area contributed by atoms with Gasteiger partial charge in [0.25, 0.3) is 0 Å². The number of carbonyl (C=O) groups is 2. The number of piperidine rings is 1. The summed E-state index contributed by atoms with van der Waals surface area (Å²) in [4.78, 5) is 47.9. The molecule has 1 saturated carbocycles. The maximum absolute atomic E-state index is 15.4. The van der Waals surface area contributed by atoms with Crippen LogP contribution in [-0.4, -0.2) is 133 Å². The van der Waals surface area contributed by atoms with Crippen LogP contribution in [0.5, 0.6) is 0 Å². The number of nitrogens with zero attached hydrogens (tertiary/aromatic N) is 12. The maximum atomic E-state index is 15.4. The Morgan fingerprint density at radius 2 is 1.65 bits per heavy atom. The van der Waals surface area contributed by atoms with Gasteiger partial charge < -0.3 is 19.9 Å². The quantitative estimate of drug-likeness (QED) is 0.181. The zero-order valence-electron chi connectivity index (χ0n) is 36.5. The summed E-state index contributed by atoms with van der Waals surface area (Å²) in [6, 6.07) is 18.1. The van der Waals surface area contributed by atoms with Crippen LogP contribution in [0.15, 0.2) is 85.7 Å². The highest BCUT2D eigenvalue weighted by atomic mass is 19.1. The highest BCUT2D eigenvalue weighted by molar-refractivity contribution is 6.01. The van der Waals surface area contributed by atoms with Crippen LogP contribution in [0.1, 0.15) is 55.8 Å². The molecular weight excluding hydrogens is 840 g/mol. The smallest absolute Gasteiger partial charge is 0.249 e. The molecule has 4 aliphatic heterocycles. The number of nitrogens with one attached hydrogen (secondary N) is 2. The fourth-order valence-electron chi connectivity index (χ4n) is 10.6. The van der Waals surface area contributed by atoms with Gasteiger partial charge in [-0.25, -0.2) is 18.9 Å². The van der Waals surface area contributed by atoms with E-state index in [0.717, 1.165) is 94.1 Å². The highest BCUT2D eigenvalue weighted by Gasteiger charge is 2.39. The fourth-order valence-corrected chi connectivity index (χ4v) is 10.6. The number of aromatic nitrogens is 7. The number of benzene rings is 1. The summed E-state index contributed by atoms with van der Waals surface area (Å²) in [5.74, 6) is -0.0909. The van der Waals surface area contributed by atoms with Gasteiger partial charge in [0.1, 0.15) is 34.8 Å². The number of nitriles is 1. The highest BCUT2D eigenvalue weighted by Crippen LogP contribution is 2.35. The minimum Gasteiger partial charge on any atom is -0.378 e. The Morgan fingerprint density at radius 1 is 0.833 bits per heavy atom. The van der Waals surface area contributed by atoms with E-state index in [4.69, 9.17) is 19.8 Å². The van der Waals surface area contributed by atoms with Crippen molar-refractivity contribution in [1.29, 1.82) is 5.26 Å². The number of ether oxygens (including phenoxy) is 1. The van der Waals surface area contributed by atoms with Gasteiger partial charge in [-0.1, -0.05) is 6.07 Å². The number of imide groups is 1. The summed E-state index contributed by atoms with van der Waals surface area (Å²) in [6.45, 7) is 6.89. The largest absolute Gasteiger partial charge is 0.378 e. The molecule has 2 N–H and O–H groups in total. The summed E-state index contributed by atoms with van der Waals surface area (Å²) >= 11 is 0. The third-order valence-corrected chi connectivity index (χ3v) is 14.1. The van der Waals surface area contributed by atoms with Crippen molar-refractivity contribution in [3.05, 3.63) is 103 Å². The molecule has 4 saturated heterocycles. The lowest BCUT2D eigenvalue weighted by Gasteiger charge is -2.50. The first-order valence-corrected chi connectivity index (χ1v) is 23.0. The van der Waals surface area contributed by atoms with Crippen molar-refractivity contribution in [2.75, 3.05) is 67.6 Å². The van der Waals surface area contributed by atoms with Crippen molar-refractivity contribution in [3.8, 4) is 28.6 Å². The van der Waals surface area contributed by atoms with Crippen LogP contribution < -0.4 is 20.4 Å². The number of piperazine rings is 2. The Morgan fingerprint density at radius 3 is 2.38 bits per heavy atom. The molecular formula is C48H51FN14O3. The van der Waals surface area contributed by atoms with Gasteiger partial charge in [-0.05, 0) is 74.6 Å². The first-order valence-electron chi connectivity index (χ1n) is 23.0. The Bertz CT molecular complexity index is 2760. The van der Waals surface area contributed by atoms with Crippen molar-refractivity contribution in [1.82, 2.24) is 49.5 Å². The van der Waals surface area contributed by atoms with Crippen LogP contribution in [0.4, 0.5) is 21.6 Å². The summed E-state index contributed by atoms with van der Waals surface area (Å²) in [5, 5.41) is 24.8. The summed E-state index contributed by atoms with van der Waals surface area (Å²) < 4.78 is 25.2. The van der Waals surface area contributed by atoms with Gasteiger partial charge in [0.2, 0.25) is 11.8 Å². The van der Waals surface area contributed by atoms with Crippen LogP contribution >= 0.6 is 0 Å². The zero-order valence-corrected chi connectivity index (χ0v) is 36.5. The minimum atomic E-state index is -0.559. The molecule has 2 unspecified atom stereocenters. The number of fused-ring (bicyclic) bond motifs is 3. The number of pyridine rings is 2. The van der Waals surface area contributed by atoms with Gasteiger partial charge in [0.15, 0.2) is 0 Å². The van der Waals surface area contributed by atoms with E-state index >= 15 is 4.39 Å². The third-order valence-electron chi connectivity index (χ3n) is 14.1. The van der Waals surface area contributed by atoms with E-state index in [9.17, 15) is 14.9 Å². The summed E-state index contributed by atoms with van der Waals surface area (Å²) in [7, 11) is 0. The average molecular weight is 891 g/mol. The Hall–Kier alpha value is -6.81. The molecule has 9 heterocycles. The van der Waals surface area contributed by atoms with Crippen LogP contribution in [0.25, 0.3) is 28.0 Å². The standard InChI is InChI=1S/C48H51FN14O3/c49-40-19-34(55-41-10-13-45(64)57-48(41)65)5-11-43(40)59-17-15-58(16-18-59)36-6-8-37(9-7-36)62-24-33(23-53-62)42-28-63-47(32(20-50)22-54-63)46(56-42)31-4-12-44(52-21-31)60-26-38-29-66-30-39(27-60)61(38)25-35-3-1-2-14-51-35/h1-5,11-12,14,19,21-24,28,36-39,41,55H,6-10,13,15-18,25-27,29-30H2,(H,57,64,65)/t36?,37?,38?,39?,41-/m0/s1. The Kier molecular flexibility index (Phi) is 11.3. The molecule has 66 heavy (non-hydrogen) atoms. The molecule has 5 fully saturated rings. The molecule has 18 heteroatoms. The SMILES string of the molecule is N#Cc1cnn2cc(-c3cnn(C4CCC(N5CCN(c6ccc(N[C@H]7CCC(=O)NC7=O)cc6F)CC5)CC4)c3)nc(-c3ccc(N4CC5COCC(C4)N5Cc4ccccn4)nc3)c12. The lowest BCUT2D eigenvalue weighted by Crippen LogP contribution is -2.64. The maximum Gasteiger partial charge on any atom is 0.249 e. The lowest BCUT2D eigenvalue weighted by molar-refractivity contribution is -0.133. The topological polar surface area (TPSA) is 178 Å². The van der Waals surface area contributed by atoms with Crippen molar-refractivity contribution >= 4 is 34.5 Å². The molecule has 11 rings (SSSR count). The van der Waals surface area contributed by atoms with E-state index in [2.05, 4.69) is 63.3 Å². The molecule has 3 atom stereocenters. The van der Waals surface area contributed by atoms with E-state index < -0.39 is 6.04 Å². The van der Waals surface area contributed by atoms with Crippen molar-refractivity contribution in [2.45, 2.75) is 75.3 Å². The number of anilines is 3. The van der Waals surface area contributed by atoms with Crippen LogP contribution in [0.3, 0.4) is 0 Å². The normalized spacial score (nSPS) is 24.0. The minimum absolute atomic E-state index is 0.228. The molecule has 0 radical (unpaired) electrons. The van der Waals surface area contributed by atoms with Gasteiger partial charge in [0, 0.05) is 93.7 Å². The van der Waals surface area contributed by atoms with Crippen LogP contribution in [-0.2, 0) is 20.9 Å². The molecule has 2 bridgehead atoms. The number of hydrogen-bond acceptors (Lipinski definition) is 14. The monoisotopic (exact) mass is 890 g/mol. The number of hydrogen-bond donors (Lipinski definition) is 2. The second-order valence-electron chi connectivity index (χ2n) is 18.1. The Balaban J connectivity index is 0.722. The van der Waals surface area contributed by atoms with E-state index in [-0.39, 0.29) is 42.2 Å². The number of rotatable bonds is 10. The van der Waals surface area contributed by atoms with Crippen LogP contribution in [0.2, 0.25) is 0 Å². The van der Waals surface area contributed by atoms with E-state index in [1.165, 1.54) is 6.07 Å². The zero-order chi connectivity index (χ0) is 44.7. The molecule has 6 aromatic rings. The molecule has 5 aromatic heterocycles. The van der Waals surface area contributed by atoms with E-state index in [0.29, 0.717) is 59.5 Å². The van der Waals surface area contributed by atoms with Gasteiger partial charge >= 0.3 is 0 Å². The first kappa shape index (κ1) is 41.9. The second kappa shape index (κ2) is 17.9. The third kappa shape index (κ3) is 8.33. The molecule has 17 nitrogen and oxygen atoms in total. The van der Waals surface area contributed by atoms with Crippen LogP contribution in [0, 0.1) is 17.1 Å². The Labute approximate surface area is 381 Å². The number of carbonyl (C=O) groups excluding carboxylic acids is 2. The number of morpholine rings is 1. The van der Waals surface area contributed by atoms with Gasteiger partial charge in [-0.2, -0.15) is 15.5 Å². The van der Waals surface area contributed by atoms with E-state index in [1.807, 2.05) is 49.1 Å².